The number of carboxylic acids is 1. The molecule has 1 aromatic rings. The first-order valence-electron chi connectivity index (χ1n) is 6.28. The van der Waals surface area contributed by atoms with Gasteiger partial charge in [0.2, 0.25) is 0 Å². The Bertz CT molecular complexity index is 452. The Hall–Kier alpha value is -1.78. The summed E-state index contributed by atoms with van der Waals surface area (Å²) in [6.07, 6.45) is 4.88. The monoisotopic (exact) mass is 249 g/mol. The minimum Gasteiger partial charge on any atom is -0.478 e. The average molecular weight is 249 g/mol. The molecule has 2 heterocycles. The van der Waals surface area contributed by atoms with Crippen molar-refractivity contribution in [3.63, 3.8) is 0 Å². The molecule has 0 spiro atoms. The summed E-state index contributed by atoms with van der Waals surface area (Å²) in [6.45, 7) is 4.26. The molecule has 0 aliphatic carbocycles. The average Bonchev–Trinajstić information content (AvgIpc) is 2.30. The number of aromatic carboxylic acids is 1. The summed E-state index contributed by atoms with van der Waals surface area (Å²) in [5.41, 5.74) is 6.35. The van der Waals surface area contributed by atoms with E-state index in [2.05, 4.69) is 23.7 Å². The minimum atomic E-state index is -1.01. The standard InChI is InChI=1S/C13H19N3O2/c1-8-4-3-5-9(2)16(8)12-11(14)10(13(17)18)6-7-15-12/h6-9H,3-5,14H2,1-2H3,(H,17,18)/t8-,9+. The van der Waals surface area contributed by atoms with E-state index >= 15 is 0 Å². The van der Waals surface area contributed by atoms with Crippen molar-refractivity contribution in [1.29, 1.82) is 0 Å². The molecule has 18 heavy (non-hydrogen) atoms. The van der Waals surface area contributed by atoms with E-state index in [9.17, 15) is 4.79 Å². The number of aromatic nitrogens is 1. The van der Waals surface area contributed by atoms with Crippen LogP contribution in [-0.2, 0) is 0 Å². The Morgan fingerprint density at radius 1 is 1.44 bits per heavy atom. The molecule has 0 amide bonds. The topological polar surface area (TPSA) is 79.5 Å². The zero-order chi connectivity index (χ0) is 13.3. The van der Waals surface area contributed by atoms with Gasteiger partial charge in [-0.1, -0.05) is 0 Å². The molecule has 1 aliphatic rings. The van der Waals surface area contributed by atoms with Gasteiger partial charge < -0.3 is 15.7 Å². The number of nitrogens with two attached hydrogens (primary N) is 1. The summed E-state index contributed by atoms with van der Waals surface area (Å²) >= 11 is 0. The van der Waals surface area contributed by atoms with Crippen molar-refractivity contribution in [2.75, 3.05) is 10.6 Å². The van der Waals surface area contributed by atoms with Crippen LogP contribution in [0.2, 0.25) is 0 Å². The lowest BCUT2D eigenvalue weighted by molar-refractivity contribution is 0.0698. The molecule has 3 N–H and O–H groups in total. The fourth-order valence-electron chi connectivity index (χ4n) is 2.69. The summed E-state index contributed by atoms with van der Waals surface area (Å²) in [4.78, 5) is 17.5. The van der Waals surface area contributed by atoms with E-state index < -0.39 is 5.97 Å². The van der Waals surface area contributed by atoms with Crippen LogP contribution < -0.4 is 10.6 Å². The largest absolute Gasteiger partial charge is 0.478 e. The van der Waals surface area contributed by atoms with Gasteiger partial charge in [0.05, 0.1) is 11.3 Å². The number of hydrogen-bond acceptors (Lipinski definition) is 4. The number of anilines is 2. The van der Waals surface area contributed by atoms with Crippen LogP contribution in [0.5, 0.6) is 0 Å². The molecule has 0 radical (unpaired) electrons. The maximum absolute atomic E-state index is 11.1. The zero-order valence-corrected chi connectivity index (χ0v) is 10.8. The Balaban J connectivity index is 2.43. The van der Waals surface area contributed by atoms with Crippen molar-refractivity contribution in [2.45, 2.75) is 45.2 Å². The summed E-state index contributed by atoms with van der Waals surface area (Å²) in [7, 11) is 0. The number of pyridine rings is 1. The van der Waals surface area contributed by atoms with Crippen molar-refractivity contribution in [3.05, 3.63) is 17.8 Å². The molecule has 98 valence electrons. The van der Waals surface area contributed by atoms with E-state index in [0.29, 0.717) is 17.9 Å². The van der Waals surface area contributed by atoms with Crippen LogP contribution in [0.25, 0.3) is 0 Å². The van der Waals surface area contributed by atoms with Gasteiger partial charge in [-0.25, -0.2) is 9.78 Å². The summed E-state index contributed by atoms with van der Waals surface area (Å²) in [6, 6.07) is 2.13. The Morgan fingerprint density at radius 3 is 2.61 bits per heavy atom. The van der Waals surface area contributed by atoms with Crippen LogP contribution in [0.3, 0.4) is 0 Å². The molecule has 2 atom stereocenters. The number of piperidine rings is 1. The number of nitrogens with zero attached hydrogens (tertiary/aromatic N) is 2. The number of rotatable bonds is 2. The first-order chi connectivity index (χ1) is 8.52. The third kappa shape index (κ3) is 2.12. The molecule has 0 bridgehead atoms. The van der Waals surface area contributed by atoms with E-state index in [-0.39, 0.29) is 11.3 Å². The zero-order valence-electron chi connectivity index (χ0n) is 10.8. The molecule has 1 aromatic heterocycles. The van der Waals surface area contributed by atoms with Gasteiger partial charge in [0.1, 0.15) is 0 Å². The minimum absolute atomic E-state index is 0.130. The Morgan fingerprint density at radius 2 is 2.06 bits per heavy atom. The summed E-state index contributed by atoms with van der Waals surface area (Å²) < 4.78 is 0. The van der Waals surface area contributed by atoms with Crippen LogP contribution in [0.4, 0.5) is 11.5 Å². The predicted octanol–water partition coefficient (Wildman–Crippen LogP) is 2.13. The van der Waals surface area contributed by atoms with Crippen molar-refractivity contribution >= 4 is 17.5 Å². The highest BCUT2D eigenvalue weighted by Crippen LogP contribution is 2.32. The number of nitrogen functional groups attached to an aromatic ring is 1. The first kappa shape index (κ1) is 12.7. The van der Waals surface area contributed by atoms with Crippen LogP contribution in [0.15, 0.2) is 12.3 Å². The van der Waals surface area contributed by atoms with E-state index in [1.54, 1.807) is 0 Å². The smallest absolute Gasteiger partial charge is 0.337 e. The van der Waals surface area contributed by atoms with Crippen LogP contribution in [-0.4, -0.2) is 28.1 Å². The normalized spacial score (nSPS) is 24.0. The van der Waals surface area contributed by atoms with Crippen molar-refractivity contribution < 1.29 is 9.90 Å². The van der Waals surface area contributed by atoms with E-state index in [1.807, 2.05) is 0 Å². The summed E-state index contributed by atoms with van der Waals surface area (Å²) in [5, 5.41) is 9.09. The molecule has 1 fully saturated rings. The second-order valence-electron chi connectivity index (χ2n) is 4.94. The third-order valence-corrected chi connectivity index (χ3v) is 3.64. The maximum atomic E-state index is 11.1. The van der Waals surface area contributed by atoms with Gasteiger partial charge in [-0.3, -0.25) is 0 Å². The summed E-state index contributed by atoms with van der Waals surface area (Å²) in [5.74, 6) is -0.400. The number of carboxylic acid groups (broad SMARTS) is 1. The van der Waals surface area contributed by atoms with Gasteiger partial charge in [0.25, 0.3) is 0 Å². The van der Waals surface area contributed by atoms with Crippen LogP contribution >= 0.6 is 0 Å². The quantitative estimate of drug-likeness (QED) is 0.839. The third-order valence-electron chi connectivity index (χ3n) is 3.64. The predicted molar refractivity (Wildman–Crippen MR) is 70.9 cm³/mol. The fourth-order valence-corrected chi connectivity index (χ4v) is 2.69. The van der Waals surface area contributed by atoms with Crippen molar-refractivity contribution in [1.82, 2.24) is 4.98 Å². The molecule has 5 heteroatoms. The van der Waals surface area contributed by atoms with Gasteiger partial charge in [0.15, 0.2) is 5.82 Å². The van der Waals surface area contributed by atoms with Crippen LogP contribution in [0.1, 0.15) is 43.5 Å². The van der Waals surface area contributed by atoms with Gasteiger partial charge in [0, 0.05) is 18.3 Å². The molecule has 0 aromatic carbocycles. The molecule has 5 nitrogen and oxygen atoms in total. The lowest BCUT2D eigenvalue weighted by Gasteiger charge is -2.40. The second-order valence-corrected chi connectivity index (χ2v) is 4.94. The van der Waals surface area contributed by atoms with Gasteiger partial charge in [-0.2, -0.15) is 0 Å². The van der Waals surface area contributed by atoms with Gasteiger partial charge in [-0.05, 0) is 39.2 Å². The molecule has 2 rings (SSSR count). The second kappa shape index (κ2) is 4.84. The molecule has 1 saturated heterocycles. The molecular formula is C13H19N3O2. The van der Waals surface area contributed by atoms with E-state index in [4.69, 9.17) is 10.8 Å². The number of hydrogen-bond donors (Lipinski definition) is 2. The number of carbonyl (C=O) groups is 1. The lowest BCUT2D eigenvalue weighted by atomic mass is 9.97. The van der Waals surface area contributed by atoms with Gasteiger partial charge >= 0.3 is 5.97 Å². The highest BCUT2D eigenvalue weighted by molar-refractivity contribution is 5.96. The van der Waals surface area contributed by atoms with E-state index in [0.717, 1.165) is 12.8 Å². The molecule has 0 saturated carbocycles. The van der Waals surface area contributed by atoms with E-state index in [1.165, 1.54) is 18.7 Å². The molecule has 1 aliphatic heterocycles. The van der Waals surface area contributed by atoms with Crippen LogP contribution in [0, 0.1) is 0 Å². The highest BCUT2D eigenvalue weighted by atomic mass is 16.4. The van der Waals surface area contributed by atoms with Crippen molar-refractivity contribution in [2.24, 2.45) is 0 Å². The molecular weight excluding hydrogens is 230 g/mol. The lowest BCUT2D eigenvalue weighted by Crippen LogP contribution is -2.44. The highest BCUT2D eigenvalue weighted by Gasteiger charge is 2.28. The first-order valence-corrected chi connectivity index (χ1v) is 6.28. The molecule has 0 unspecified atom stereocenters. The SMILES string of the molecule is C[C@@H]1CCC[C@H](C)N1c1nccc(C(=O)O)c1N. The van der Waals surface area contributed by atoms with Gasteiger partial charge in [-0.15, -0.1) is 0 Å². The fraction of sp³-hybridized carbons (Fsp3) is 0.538. The maximum Gasteiger partial charge on any atom is 0.337 e. The Kier molecular flexibility index (Phi) is 3.41. The Labute approximate surface area is 107 Å². The van der Waals surface area contributed by atoms with Crippen molar-refractivity contribution in [3.8, 4) is 0 Å².